The van der Waals surface area contributed by atoms with E-state index in [2.05, 4.69) is 0 Å². The number of phenols is 3. The van der Waals surface area contributed by atoms with Gasteiger partial charge in [0.05, 0.1) is 0 Å². The van der Waals surface area contributed by atoms with Gasteiger partial charge < -0.3 is 20.1 Å². The SMILES string of the molecule is Oc1ccc(C2(c3ccccc3)CCc3ccc(O)cc3O2)c(O)c1. The Morgan fingerprint density at radius 1 is 0.800 bits per heavy atom. The van der Waals surface area contributed by atoms with Crippen molar-refractivity contribution in [2.75, 3.05) is 0 Å². The molecule has 25 heavy (non-hydrogen) atoms. The number of hydrogen-bond acceptors (Lipinski definition) is 4. The van der Waals surface area contributed by atoms with E-state index < -0.39 is 5.60 Å². The molecule has 1 aliphatic rings. The predicted molar refractivity (Wildman–Crippen MR) is 94.0 cm³/mol. The number of hydrogen-bond donors (Lipinski definition) is 3. The van der Waals surface area contributed by atoms with Crippen LogP contribution in [-0.4, -0.2) is 15.3 Å². The molecular formula is C21H18O4. The number of benzene rings is 3. The van der Waals surface area contributed by atoms with Crippen molar-refractivity contribution in [1.29, 1.82) is 0 Å². The van der Waals surface area contributed by atoms with Gasteiger partial charge in [-0.05, 0) is 30.2 Å². The Morgan fingerprint density at radius 2 is 1.52 bits per heavy atom. The van der Waals surface area contributed by atoms with Crippen LogP contribution >= 0.6 is 0 Å². The van der Waals surface area contributed by atoms with Gasteiger partial charge in [-0.25, -0.2) is 0 Å². The highest BCUT2D eigenvalue weighted by molar-refractivity contribution is 5.52. The molecule has 4 rings (SSSR count). The number of aryl methyl sites for hydroxylation is 1. The van der Waals surface area contributed by atoms with Gasteiger partial charge in [-0.15, -0.1) is 0 Å². The first-order valence-corrected chi connectivity index (χ1v) is 8.17. The van der Waals surface area contributed by atoms with Gasteiger partial charge in [0.15, 0.2) is 5.60 Å². The van der Waals surface area contributed by atoms with E-state index in [4.69, 9.17) is 4.74 Å². The summed E-state index contributed by atoms with van der Waals surface area (Å²) in [7, 11) is 0. The van der Waals surface area contributed by atoms with Gasteiger partial charge in [0, 0.05) is 29.7 Å². The van der Waals surface area contributed by atoms with Gasteiger partial charge in [-0.3, -0.25) is 0 Å². The second kappa shape index (κ2) is 5.74. The summed E-state index contributed by atoms with van der Waals surface area (Å²) in [5.74, 6) is 0.714. The second-order valence-corrected chi connectivity index (χ2v) is 6.29. The predicted octanol–water partition coefficient (Wildman–Crippen LogP) is 4.07. The molecule has 4 heteroatoms. The smallest absolute Gasteiger partial charge is 0.163 e. The van der Waals surface area contributed by atoms with Crippen LogP contribution in [0, 0.1) is 0 Å². The van der Waals surface area contributed by atoms with Crippen LogP contribution in [0.5, 0.6) is 23.0 Å². The van der Waals surface area contributed by atoms with Gasteiger partial charge in [-0.2, -0.15) is 0 Å². The normalized spacial score (nSPS) is 19.0. The third kappa shape index (κ3) is 2.56. The molecule has 1 atom stereocenters. The zero-order valence-electron chi connectivity index (χ0n) is 13.5. The maximum Gasteiger partial charge on any atom is 0.163 e. The molecule has 1 aliphatic heterocycles. The molecule has 3 aromatic rings. The molecule has 0 fully saturated rings. The fraction of sp³-hybridized carbons (Fsp3) is 0.143. The molecule has 3 aromatic carbocycles. The molecule has 126 valence electrons. The lowest BCUT2D eigenvalue weighted by molar-refractivity contribution is 0.0819. The largest absolute Gasteiger partial charge is 0.508 e. The summed E-state index contributed by atoms with van der Waals surface area (Å²) >= 11 is 0. The average Bonchev–Trinajstić information content (AvgIpc) is 2.62. The lowest BCUT2D eigenvalue weighted by Gasteiger charge is -2.40. The second-order valence-electron chi connectivity index (χ2n) is 6.29. The van der Waals surface area contributed by atoms with Crippen molar-refractivity contribution in [3.8, 4) is 23.0 Å². The first kappa shape index (κ1) is 15.4. The van der Waals surface area contributed by atoms with E-state index in [9.17, 15) is 15.3 Å². The zero-order chi connectivity index (χ0) is 17.4. The minimum Gasteiger partial charge on any atom is -0.508 e. The van der Waals surface area contributed by atoms with Crippen LogP contribution in [0.2, 0.25) is 0 Å². The van der Waals surface area contributed by atoms with E-state index in [-0.39, 0.29) is 17.2 Å². The highest BCUT2D eigenvalue weighted by Gasteiger charge is 2.42. The van der Waals surface area contributed by atoms with E-state index >= 15 is 0 Å². The van der Waals surface area contributed by atoms with E-state index in [1.54, 1.807) is 24.3 Å². The lowest BCUT2D eigenvalue weighted by Crippen LogP contribution is -2.38. The first-order chi connectivity index (χ1) is 12.1. The molecule has 0 spiro atoms. The third-order valence-electron chi connectivity index (χ3n) is 4.74. The number of phenolic OH excluding ortho intramolecular Hbond substituents is 3. The van der Waals surface area contributed by atoms with E-state index in [0.29, 0.717) is 17.7 Å². The lowest BCUT2D eigenvalue weighted by atomic mass is 9.79. The zero-order valence-corrected chi connectivity index (χ0v) is 13.5. The van der Waals surface area contributed by atoms with Crippen molar-refractivity contribution >= 4 is 0 Å². The van der Waals surface area contributed by atoms with Crippen molar-refractivity contribution < 1.29 is 20.1 Å². The maximum absolute atomic E-state index is 10.5. The Balaban J connectivity index is 1.92. The quantitative estimate of drug-likeness (QED) is 0.661. The minimum atomic E-state index is -0.889. The molecule has 0 bridgehead atoms. The summed E-state index contributed by atoms with van der Waals surface area (Å²) in [6.07, 6.45) is 1.37. The molecule has 0 aliphatic carbocycles. The average molecular weight is 334 g/mol. The molecular weight excluding hydrogens is 316 g/mol. The topological polar surface area (TPSA) is 69.9 Å². The Morgan fingerprint density at radius 3 is 2.28 bits per heavy atom. The van der Waals surface area contributed by atoms with Crippen molar-refractivity contribution in [2.45, 2.75) is 18.4 Å². The van der Waals surface area contributed by atoms with E-state index in [1.165, 1.54) is 6.07 Å². The molecule has 0 saturated carbocycles. The molecule has 0 saturated heterocycles. The summed E-state index contributed by atoms with van der Waals surface area (Å²) in [6.45, 7) is 0. The van der Waals surface area contributed by atoms with Crippen molar-refractivity contribution in [2.24, 2.45) is 0 Å². The van der Waals surface area contributed by atoms with Crippen LogP contribution in [0.1, 0.15) is 23.1 Å². The third-order valence-corrected chi connectivity index (χ3v) is 4.74. The van der Waals surface area contributed by atoms with E-state index in [1.807, 2.05) is 36.4 Å². The molecule has 1 heterocycles. The molecule has 3 N–H and O–H groups in total. The summed E-state index contributed by atoms with van der Waals surface area (Å²) in [6, 6.07) is 19.4. The standard InChI is InChI=1S/C21H18O4/c22-16-8-9-18(19(24)12-16)21(15-4-2-1-3-5-15)11-10-14-6-7-17(23)13-20(14)25-21/h1-9,12-13,22-24H,10-11H2. The fourth-order valence-electron chi connectivity index (χ4n) is 3.51. The Labute approximate surface area is 145 Å². The molecule has 0 aromatic heterocycles. The minimum absolute atomic E-state index is 0.00156. The van der Waals surface area contributed by atoms with Gasteiger partial charge in [0.1, 0.15) is 23.0 Å². The van der Waals surface area contributed by atoms with Crippen LogP contribution in [0.25, 0.3) is 0 Å². The van der Waals surface area contributed by atoms with Crippen LogP contribution in [-0.2, 0) is 12.0 Å². The maximum atomic E-state index is 10.5. The Hall–Kier alpha value is -3.14. The molecule has 0 amide bonds. The summed E-state index contributed by atoms with van der Waals surface area (Å²) in [5, 5.41) is 30.0. The van der Waals surface area contributed by atoms with Crippen LogP contribution in [0.4, 0.5) is 0 Å². The van der Waals surface area contributed by atoms with Crippen molar-refractivity contribution in [1.82, 2.24) is 0 Å². The highest BCUT2D eigenvalue weighted by atomic mass is 16.5. The van der Waals surface area contributed by atoms with Crippen molar-refractivity contribution in [3.63, 3.8) is 0 Å². The number of rotatable bonds is 2. The van der Waals surface area contributed by atoms with Crippen LogP contribution in [0.15, 0.2) is 66.7 Å². The number of fused-ring (bicyclic) bond motifs is 1. The Kier molecular flexibility index (Phi) is 3.53. The number of ether oxygens (including phenoxy) is 1. The fourth-order valence-corrected chi connectivity index (χ4v) is 3.51. The molecule has 1 unspecified atom stereocenters. The monoisotopic (exact) mass is 334 g/mol. The summed E-state index contributed by atoms with van der Waals surface area (Å²) in [4.78, 5) is 0. The van der Waals surface area contributed by atoms with Crippen LogP contribution < -0.4 is 4.74 Å². The summed E-state index contributed by atoms with van der Waals surface area (Å²) < 4.78 is 6.39. The Bertz CT molecular complexity index is 920. The first-order valence-electron chi connectivity index (χ1n) is 8.17. The van der Waals surface area contributed by atoms with Gasteiger partial charge >= 0.3 is 0 Å². The molecule has 4 nitrogen and oxygen atoms in total. The number of aromatic hydroxyl groups is 3. The summed E-state index contributed by atoms with van der Waals surface area (Å²) in [5.41, 5.74) is 1.62. The van der Waals surface area contributed by atoms with Gasteiger partial charge in [0.25, 0.3) is 0 Å². The van der Waals surface area contributed by atoms with Crippen molar-refractivity contribution in [3.05, 3.63) is 83.4 Å². The van der Waals surface area contributed by atoms with Gasteiger partial charge in [-0.1, -0.05) is 36.4 Å². The molecule has 0 radical (unpaired) electrons. The van der Waals surface area contributed by atoms with E-state index in [0.717, 1.165) is 17.5 Å². The van der Waals surface area contributed by atoms with Crippen LogP contribution in [0.3, 0.4) is 0 Å². The highest BCUT2D eigenvalue weighted by Crippen LogP contribution is 2.47. The van der Waals surface area contributed by atoms with Gasteiger partial charge in [0.2, 0.25) is 0 Å².